The maximum Gasteiger partial charge on any atom is 0.203 e. The zero-order chi connectivity index (χ0) is 18.1. The minimum absolute atomic E-state index is 0.0448. The van der Waals surface area contributed by atoms with E-state index in [0.717, 1.165) is 0 Å². The number of hydrogen-bond donors (Lipinski definition) is 2. The van der Waals surface area contributed by atoms with Crippen molar-refractivity contribution in [3.05, 3.63) is 35.4 Å². The third kappa shape index (κ3) is 2.77. The van der Waals surface area contributed by atoms with E-state index in [1.165, 1.54) is 27.4 Å². The Morgan fingerprint density at radius 1 is 1.04 bits per heavy atom. The molecule has 2 aromatic rings. The summed E-state index contributed by atoms with van der Waals surface area (Å²) in [4.78, 5) is 12.5. The van der Waals surface area contributed by atoms with Crippen LogP contribution in [0.1, 0.15) is 17.2 Å². The summed E-state index contributed by atoms with van der Waals surface area (Å²) in [5.41, 5.74) is 0.875. The van der Waals surface area contributed by atoms with Gasteiger partial charge in [0.25, 0.3) is 0 Å². The van der Waals surface area contributed by atoms with Crippen molar-refractivity contribution in [3.63, 3.8) is 0 Å². The van der Waals surface area contributed by atoms with Crippen molar-refractivity contribution in [1.29, 1.82) is 0 Å². The fourth-order valence-electron chi connectivity index (χ4n) is 2.86. The van der Waals surface area contributed by atoms with Crippen molar-refractivity contribution >= 4 is 5.78 Å². The van der Waals surface area contributed by atoms with Gasteiger partial charge in [-0.3, -0.25) is 4.79 Å². The molecular formula is C18H18O7. The predicted molar refractivity (Wildman–Crippen MR) is 87.9 cm³/mol. The normalized spacial score (nSPS) is 16.0. The van der Waals surface area contributed by atoms with Crippen molar-refractivity contribution in [1.82, 2.24) is 0 Å². The fraction of sp³-hybridized carbons (Fsp3) is 0.278. The van der Waals surface area contributed by atoms with E-state index in [1.54, 1.807) is 18.2 Å². The highest BCUT2D eigenvalue weighted by molar-refractivity contribution is 5.90. The van der Waals surface area contributed by atoms with Gasteiger partial charge in [-0.05, 0) is 12.1 Å². The average Bonchev–Trinajstić information content (AvgIpc) is 2.62. The van der Waals surface area contributed by atoms with Crippen LogP contribution in [-0.4, -0.2) is 37.3 Å². The molecule has 2 N–H and O–H groups in total. The number of phenolic OH excluding ortho intramolecular Hbond substituents is 2. The first-order valence-corrected chi connectivity index (χ1v) is 7.53. The summed E-state index contributed by atoms with van der Waals surface area (Å²) in [6.07, 6.45) is -0.920. The second-order valence-electron chi connectivity index (χ2n) is 5.51. The van der Waals surface area contributed by atoms with Crippen LogP contribution in [0.3, 0.4) is 0 Å². The lowest BCUT2D eigenvalue weighted by molar-refractivity contribution is -0.126. The summed E-state index contributed by atoms with van der Waals surface area (Å²) in [5, 5.41) is 20.1. The molecule has 0 bridgehead atoms. The molecular weight excluding hydrogens is 328 g/mol. The van der Waals surface area contributed by atoms with Crippen LogP contribution in [-0.2, 0) is 11.2 Å². The van der Waals surface area contributed by atoms with Gasteiger partial charge < -0.3 is 29.2 Å². The zero-order valence-corrected chi connectivity index (χ0v) is 14.0. The first kappa shape index (κ1) is 16.8. The number of carbonyl (C=O) groups excluding carboxylic acids is 1. The summed E-state index contributed by atoms with van der Waals surface area (Å²) in [6.45, 7) is 0. The molecule has 0 aliphatic carbocycles. The highest BCUT2D eigenvalue weighted by Crippen LogP contribution is 2.47. The molecule has 0 spiro atoms. The Balaban J connectivity index is 2.01. The Morgan fingerprint density at radius 3 is 2.40 bits per heavy atom. The number of carbonyl (C=O) groups is 1. The molecule has 1 heterocycles. The first-order chi connectivity index (χ1) is 12.0. The van der Waals surface area contributed by atoms with Crippen LogP contribution in [0.2, 0.25) is 0 Å². The summed E-state index contributed by atoms with van der Waals surface area (Å²) in [7, 11) is 4.34. The van der Waals surface area contributed by atoms with Gasteiger partial charge in [-0.2, -0.15) is 0 Å². The van der Waals surface area contributed by atoms with Gasteiger partial charge in [0.2, 0.25) is 5.75 Å². The largest absolute Gasteiger partial charge is 0.504 e. The van der Waals surface area contributed by atoms with Gasteiger partial charge in [0.15, 0.2) is 34.9 Å². The molecule has 25 heavy (non-hydrogen) atoms. The molecule has 132 valence electrons. The van der Waals surface area contributed by atoms with Crippen molar-refractivity contribution in [2.24, 2.45) is 0 Å². The van der Waals surface area contributed by atoms with Gasteiger partial charge in [-0.15, -0.1) is 0 Å². The van der Waals surface area contributed by atoms with Crippen LogP contribution in [0.5, 0.6) is 34.5 Å². The smallest absolute Gasteiger partial charge is 0.203 e. The summed E-state index contributed by atoms with van der Waals surface area (Å²) < 4.78 is 21.1. The molecule has 0 radical (unpaired) electrons. The van der Waals surface area contributed by atoms with E-state index in [0.29, 0.717) is 17.1 Å². The Labute approximate surface area is 144 Å². The summed E-state index contributed by atoms with van der Waals surface area (Å²) in [6, 6.07) is 6.38. The minimum atomic E-state index is -0.875. The maximum atomic E-state index is 12.5. The van der Waals surface area contributed by atoms with Crippen LogP contribution in [0, 0.1) is 0 Å². The molecule has 2 aromatic carbocycles. The molecule has 7 heteroatoms. The summed E-state index contributed by atoms with van der Waals surface area (Å²) >= 11 is 0. The molecule has 0 aromatic heterocycles. The molecule has 3 rings (SSSR count). The van der Waals surface area contributed by atoms with E-state index < -0.39 is 6.10 Å². The standard InChI is InChI=1S/C18H18O7/c1-22-13-5-4-9(6-15(13)23-2)17-11(19)7-10-14(25-17)8-12(20)18(24-3)16(10)21/h4-6,8,17,20-21H,7H2,1-3H3. The molecule has 0 saturated carbocycles. The van der Waals surface area contributed by atoms with Crippen molar-refractivity contribution in [2.45, 2.75) is 12.5 Å². The van der Waals surface area contributed by atoms with Crippen molar-refractivity contribution in [3.8, 4) is 34.5 Å². The van der Waals surface area contributed by atoms with Gasteiger partial charge in [0, 0.05) is 23.6 Å². The number of hydrogen-bond acceptors (Lipinski definition) is 7. The number of ether oxygens (including phenoxy) is 4. The summed E-state index contributed by atoms with van der Waals surface area (Å²) in [5.74, 6) is 0.367. The lowest BCUT2D eigenvalue weighted by Gasteiger charge is -2.27. The molecule has 0 fully saturated rings. The second-order valence-corrected chi connectivity index (χ2v) is 5.51. The fourth-order valence-corrected chi connectivity index (χ4v) is 2.86. The SMILES string of the molecule is COc1ccc(C2Oc3cc(O)c(OC)c(O)c3CC2=O)cc1OC. The molecule has 1 aliphatic rings. The number of phenols is 2. The average molecular weight is 346 g/mol. The van der Waals surface area contributed by atoms with Crippen LogP contribution in [0.15, 0.2) is 24.3 Å². The van der Waals surface area contributed by atoms with Gasteiger partial charge in [0.05, 0.1) is 21.3 Å². The number of fused-ring (bicyclic) bond motifs is 1. The molecule has 0 amide bonds. The van der Waals surface area contributed by atoms with Gasteiger partial charge >= 0.3 is 0 Å². The van der Waals surface area contributed by atoms with E-state index in [-0.39, 0.29) is 40.8 Å². The Kier molecular flexibility index (Phi) is 4.31. The van der Waals surface area contributed by atoms with Gasteiger partial charge in [-0.1, -0.05) is 6.07 Å². The Hall–Kier alpha value is -3.09. The monoisotopic (exact) mass is 346 g/mol. The number of aromatic hydroxyl groups is 2. The Morgan fingerprint density at radius 2 is 1.76 bits per heavy atom. The van der Waals surface area contributed by atoms with Crippen LogP contribution in [0.25, 0.3) is 0 Å². The molecule has 0 saturated heterocycles. The molecule has 1 aliphatic heterocycles. The third-order valence-electron chi connectivity index (χ3n) is 4.10. The van der Waals surface area contributed by atoms with E-state index in [9.17, 15) is 15.0 Å². The lowest BCUT2D eigenvalue weighted by Crippen LogP contribution is -2.26. The van der Waals surface area contributed by atoms with Crippen molar-refractivity contribution < 1.29 is 34.0 Å². The topological polar surface area (TPSA) is 94.5 Å². The molecule has 1 unspecified atom stereocenters. The van der Waals surface area contributed by atoms with E-state index in [4.69, 9.17) is 18.9 Å². The van der Waals surface area contributed by atoms with Gasteiger partial charge in [0.1, 0.15) is 5.75 Å². The van der Waals surface area contributed by atoms with E-state index >= 15 is 0 Å². The second kappa shape index (κ2) is 6.43. The third-order valence-corrected chi connectivity index (χ3v) is 4.10. The van der Waals surface area contributed by atoms with Crippen LogP contribution < -0.4 is 18.9 Å². The highest BCUT2D eigenvalue weighted by atomic mass is 16.5. The quantitative estimate of drug-likeness (QED) is 0.877. The number of ketones is 1. The maximum absolute atomic E-state index is 12.5. The predicted octanol–water partition coefficient (Wildman–Crippen LogP) is 2.37. The minimum Gasteiger partial charge on any atom is -0.504 e. The number of Topliss-reactive ketones (excluding diaryl/α,β-unsaturated/α-hetero) is 1. The molecule has 7 nitrogen and oxygen atoms in total. The zero-order valence-electron chi connectivity index (χ0n) is 14.0. The van der Waals surface area contributed by atoms with Crippen LogP contribution in [0.4, 0.5) is 0 Å². The number of benzene rings is 2. The highest BCUT2D eigenvalue weighted by Gasteiger charge is 2.33. The number of rotatable bonds is 4. The van der Waals surface area contributed by atoms with E-state index in [1.807, 2.05) is 0 Å². The van der Waals surface area contributed by atoms with Crippen molar-refractivity contribution in [2.75, 3.05) is 21.3 Å². The van der Waals surface area contributed by atoms with Gasteiger partial charge in [-0.25, -0.2) is 0 Å². The lowest BCUT2D eigenvalue weighted by atomic mass is 9.95. The van der Waals surface area contributed by atoms with E-state index in [2.05, 4.69) is 0 Å². The Bertz CT molecular complexity index is 829. The first-order valence-electron chi connectivity index (χ1n) is 7.53. The molecule has 1 atom stereocenters. The number of methoxy groups -OCH3 is 3. The van der Waals surface area contributed by atoms with Crippen LogP contribution >= 0.6 is 0 Å².